The number of hydrogen-bond donors (Lipinski definition) is 1. The lowest BCUT2D eigenvalue weighted by molar-refractivity contribution is -0.136. The fourth-order valence-corrected chi connectivity index (χ4v) is 4.05. The van der Waals surface area contributed by atoms with Gasteiger partial charge >= 0.3 is 0 Å². The van der Waals surface area contributed by atoms with Crippen LogP contribution in [0, 0.1) is 6.92 Å². The van der Waals surface area contributed by atoms with E-state index in [2.05, 4.69) is 4.98 Å². The number of carbonyl (C=O) groups excluding carboxylic acids is 1. The lowest BCUT2D eigenvalue weighted by Crippen LogP contribution is -2.40. The maximum Gasteiger partial charge on any atom is 0.232 e. The summed E-state index contributed by atoms with van der Waals surface area (Å²) >= 11 is 1.55. The maximum absolute atomic E-state index is 13.0. The van der Waals surface area contributed by atoms with Crippen molar-refractivity contribution < 1.29 is 9.90 Å². The van der Waals surface area contributed by atoms with Gasteiger partial charge < -0.3 is 10.0 Å². The molecular formula is C18H22N2O2S. The number of benzene rings is 1. The molecule has 0 saturated carbocycles. The Labute approximate surface area is 140 Å². The molecule has 2 heterocycles. The monoisotopic (exact) mass is 330 g/mol. The molecule has 1 fully saturated rings. The highest BCUT2D eigenvalue weighted by Crippen LogP contribution is 2.35. The summed E-state index contributed by atoms with van der Waals surface area (Å²) in [7, 11) is 0. The third kappa shape index (κ3) is 3.39. The Morgan fingerprint density at radius 2 is 2.26 bits per heavy atom. The lowest BCUT2D eigenvalue weighted by Gasteiger charge is -2.37. The van der Waals surface area contributed by atoms with E-state index in [1.54, 1.807) is 23.5 Å². The van der Waals surface area contributed by atoms with Gasteiger partial charge in [-0.2, -0.15) is 0 Å². The Morgan fingerprint density at radius 1 is 1.43 bits per heavy atom. The fourth-order valence-electron chi connectivity index (χ4n) is 3.20. The predicted molar refractivity (Wildman–Crippen MR) is 91.7 cm³/mol. The van der Waals surface area contributed by atoms with Crippen molar-refractivity contribution in [1.29, 1.82) is 0 Å². The first-order valence-corrected chi connectivity index (χ1v) is 8.95. The van der Waals surface area contributed by atoms with Crippen molar-refractivity contribution in [2.45, 2.75) is 45.1 Å². The minimum absolute atomic E-state index is 0.0480. The molecule has 1 amide bonds. The van der Waals surface area contributed by atoms with Crippen LogP contribution in [-0.2, 0) is 4.79 Å². The van der Waals surface area contributed by atoms with E-state index in [0.717, 1.165) is 42.1 Å². The SMILES string of the molecule is Cc1csc(C(C)C(=O)N2CCCCC2c2cccc(O)c2)n1. The summed E-state index contributed by atoms with van der Waals surface area (Å²) in [6.07, 6.45) is 3.08. The van der Waals surface area contributed by atoms with Gasteiger partial charge in [0, 0.05) is 17.6 Å². The van der Waals surface area contributed by atoms with Crippen LogP contribution in [0.1, 0.15) is 54.4 Å². The number of phenols is 1. The predicted octanol–water partition coefficient (Wildman–Crippen LogP) is 4.01. The fraction of sp³-hybridized carbons (Fsp3) is 0.444. The molecule has 0 bridgehead atoms. The number of hydrogen-bond acceptors (Lipinski definition) is 4. The zero-order valence-electron chi connectivity index (χ0n) is 13.5. The van der Waals surface area contributed by atoms with Gasteiger partial charge in [0.2, 0.25) is 5.91 Å². The van der Waals surface area contributed by atoms with E-state index < -0.39 is 0 Å². The van der Waals surface area contributed by atoms with Gasteiger partial charge in [-0.05, 0) is 50.8 Å². The quantitative estimate of drug-likeness (QED) is 0.925. The van der Waals surface area contributed by atoms with E-state index in [4.69, 9.17) is 0 Å². The molecule has 1 aromatic heterocycles. The third-order valence-corrected chi connectivity index (χ3v) is 5.56. The molecule has 2 aromatic rings. The van der Waals surface area contributed by atoms with E-state index in [1.807, 2.05) is 36.3 Å². The lowest BCUT2D eigenvalue weighted by atomic mass is 9.93. The molecule has 0 aliphatic carbocycles. The summed E-state index contributed by atoms with van der Waals surface area (Å²) in [5, 5.41) is 12.6. The molecule has 23 heavy (non-hydrogen) atoms. The number of rotatable bonds is 3. The minimum Gasteiger partial charge on any atom is -0.508 e. The molecule has 1 aliphatic rings. The van der Waals surface area contributed by atoms with E-state index in [-0.39, 0.29) is 23.6 Å². The first-order chi connectivity index (χ1) is 11.1. The number of amides is 1. The highest BCUT2D eigenvalue weighted by Gasteiger charge is 2.32. The van der Waals surface area contributed by atoms with Crippen molar-refractivity contribution >= 4 is 17.2 Å². The van der Waals surface area contributed by atoms with Crippen molar-refractivity contribution in [3.8, 4) is 5.75 Å². The highest BCUT2D eigenvalue weighted by molar-refractivity contribution is 7.09. The molecule has 1 aromatic carbocycles. The Balaban J connectivity index is 1.84. The molecular weight excluding hydrogens is 308 g/mol. The number of nitrogens with zero attached hydrogens (tertiary/aromatic N) is 2. The molecule has 122 valence electrons. The van der Waals surface area contributed by atoms with Crippen LogP contribution in [0.4, 0.5) is 0 Å². The summed E-state index contributed by atoms with van der Waals surface area (Å²) in [4.78, 5) is 19.4. The van der Waals surface area contributed by atoms with Crippen molar-refractivity contribution in [1.82, 2.24) is 9.88 Å². The number of piperidine rings is 1. The zero-order valence-corrected chi connectivity index (χ0v) is 14.3. The van der Waals surface area contributed by atoms with Crippen LogP contribution in [0.3, 0.4) is 0 Å². The van der Waals surface area contributed by atoms with Gasteiger partial charge in [0.25, 0.3) is 0 Å². The van der Waals surface area contributed by atoms with Crippen molar-refractivity contribution in [3.63, 3.8) is 0 Å². The smallest absolute Gasteiger partial charge is 0.232 e. The second-order valence-corrected chi connectivity index (χ2v) is 7.08. The number of likely N-dealkylation sites (tertiary alicyclic amines) is 1. The number of aromatic nitrogens is 1. The first-order valence-electron chi connectivity index (χ1n) is 8.07. The normalized spacial score (nSPS) is 19.6. The number of thiazole rings is 1. The number of aryl methyl sites for hydroxylation is 1. The average Bonchev–Trinajstić information content (AvgIpc) is 3.00. The first kappa shape index (κ1) is 16.0. The Morgan fingerprint density at radius 3 is 2.96 bits per heavy atom. The van der Waals surface area contributed by atoms with Gasteiger partial charge in [-0.3, -0.25) is 4.79 Å². The van der Waals surface area contributed by atoms with Gasteiger partial charge in [-0.1, -0.05) is 12.1 Å². The summed E-state index contributed by atoms with van der Waals surface area (Å²) in [5.74, 6) is 0.170. The van der Waals surface area contributed by atoms with Crippen LogP contribution in [0.15, 0.2) is 29.6 Å². The number of aromatic hydroxyl groups is 1. The molecule has 3 rings (SSSR count). The van der Waals surface area contributed by atoms with E-state index >= 15 is 0 Å². The molecule has 1 N–H and O–H groups in total. The van der Waals surface area contributed by atoms with Gasteiger partial charge in [0.05, 0.1) is 12.0 Å². The van der Waals surface area contributed by atoms with Crippen LogP contribution in [0.25, 0.3) is 0 Å². The van der Waals surface area contributed by atoms with Gasteiger partial charge in [0.1, 0.15) is 10.8 Å². The maximum atomic E-state index is 13.0. The second-order valence-electron chi connectivity index (χ2n) is 6.19. The van der Waals surface area contributed by atoms with Gasteiger partial charge in [-0.25, -0.2) is 4.98 Å². The zero-order chi connectivity index (χ0) is 16.4. The van der Waals surface area contributed by atoms with Gasteiger partial charge in [0.15, 0.2) is 0 Å². The van der Waals surface area contributed by atoms with E-state index in [1.165, 1.54) is 0 Å². The molecule has 4 nitrogen and oxygen atoms in total. The van der Waals surface area contributed by atoms with Crippen LogP contribution < -0.4 is 0 Å². The van der Waals surface area contributed by atoms with E-state index in [0.29, 0.717) is 0 Å². The largest absolute Gasteiger partial charge is 0.508 e. The Hall–Kier alpha value is -1.88. The molecule has 2 atom stereocenters. The van der Waals surface area contributed by atoms with E-state index in [9.17, 15) is 9.90 Å². The number of carbonyl (C=O) groups is 1. The van der Waals surface area contributed by atoms with Crippen molar-refractivity contribution in [3.05, 3.63) is 45.9 Å². The minimum atomic E-state index is -0.216. The average molecular weight is 330 g/mol. The summed E-state index contributed by atoms with van der Waals surface area (Å²) in [5.41, 5.74) is 1.98. The van der Waals surface area contributed by atoms with Gasteiger partial charge in [-0.15, -0.1) is 11.3 Å². The molecule has 5 heteroatoms. The molecule has 0 radical (unpaired) electrons. The second kappa shape index (κ2) is 6.71. The highest BCUT2D eigenvalue weighted by atomic mass is 32.1. The van der Waals surface area contributed by atoms with Crippen molar-refractivity contribution in [2.75, 3.05) is 6.54 Å². The van der Waals surface area contributed by atoms with Crippen LogP contribution in [0.5, 0.6) is 5.75 Å². The summed E-state index contributed by atoms with van der Waals surface area (Å²) in [6.45, 7) is 4.66. The molecule has 1 aliphatic heterocycles. The molecule has 0 spiro atoms. The summed E-state index contributed by atoms with van der Waals surface area (Å²) < 4.78 is 0. The summed E-state index contributed by atoms with van der Waals surface area (Å²) in [6, 6.07) is 7.32. The Kier molecular flexibility index (Phi) is 4.66. The topological polar surface area (TPSA) is 53.4 Å². The standard InChI is InChI=1S/C18H22N2O2S/c1-12-11-23-17(19-12)13(2)18(22)20-9-4-3-8-16(20)14-6-5-7-15(21)10-14/h5-7,10-11,13,16,21H,3-4,8-9H2,1-2H3. The molecule has 1 saturated heterocycles. The molecule has 2 unspecified atom stereocenters. The number of phenolic OH excluding ortho intramolecular Hbond substituents is 1. The Bertz CT molecular complexity index is 698. The van der Waals surface area contributed by atoms with Crippen LogP contribution >= 0.6 is 11.3 Å². The third-order valence-electron chi connectivity index (χ3n) is 4.42. The van der Waals surface area contributed by atoms with Crippen LogP contribution in [0.2, 0.25) is 0 Å². The van der Waals surface area contributed by atoms with Crippen LogP contribution in [-0.4, -0.2) is 27.4 Å². The van der Waals surface area contributed by atoms with Crippen molar-refractivity contribution in [2.24, 2.45) is 0 Å².